The zero-order valence-corrected chi connectivity index (χ0v) is 18.1. The molecule has 1 heterocycles. The predicted molar refractivity (Wildman–Crippen MR) is 116 cm³/mol. The van der Waals surface area contributed by atoms with Crippen molar-refractivity contribution < 1.29 is 18.7 Å². The zero-order chi connectivity index (χ0) is 22.5. The molecular weight excluding hydrogens is 397 g/mol. The standard InChI is InChI=1S/C24H26FN3O3/c1-5-17-7-9-18(10-8-17)23(29)26-22(24(30)31-6-2)21-15(3)27-28(16(21)4)20-13-11-19(25)12-14-20/h7-14,22H,5-6H2,1-4H3,(H,26,29). The van der Waals surface area contributed by atoms with Gasteiger partial charge in [-0.3, -0.25) is 4.79 Å². The second-order valence-electron chi connectivity index (χ2n) is 7.18. The van der Waals surface area contributed by atoms with Crippen LogP contribution in [0, 0.1) is 19.7 Å². The fourth-order valence-corrected chi connectivity index (χ4v) is 3.49. The number of ether oxygens (including phenoxy) is 1. The van der Waals surface area contributed by atoms with Crippen molar-refractivity contribution in [3.63, 3.8) is 0 Å². The first-order valence-corrected chi connectivity index (χ1v) is 10.2. The van der Waals surface area contributed by atoms with Crippen LogP contribution < -0.4 is 5.32 Å². The second kappa shape index (κ2) is 9.55. The van der Waals surface area contributed by atoms with Crippen LogP contribution >= 0.6 is 0 Å². The van der Waals surface area contributed by atoms with Crippen LogP contribution in [0.3, 0.4) is 0 Å². The van der Waals surface area contributed by atoms with Gasteiger partial charge in [-0.2, -0.15) is 5.10 Å². The van der Waals surface area contributed by atoms with E-state index in [0.29, 0.717) is 28.2 Å². The predicted octanol–water partition coefficient (Wildman–Crippen LogP) is 4.22. The summed E-state index contributed by atoms with van der Waals surface area (Å²) < 4.78 is 20.2. The van der Waals surface area contributed by atoms with E-state index in [1.165, 1.54) is 12.1 Å². The zero-order valence-electron chi connectivity index (χ0n) is 18.1. The topological polar surface area (TPSA) is 73.2 Å². The maximum atomic E-state index is 13.3. The van der Waals surface area contributed by atoms with E-state index in [1.807, 2.05) is 19.1 Å². The lowest BCUT2D eigenvalue weighted by molar-refractivity contribution is -0.145. The molecule has 1 N–H and O–H groups in total. The van der Waals surface area contributed by atoms with Gasteiger partial charge in [0.15, 0.2) is 6.04 Å². The number of benzene rings is 2. The summed E-state index contributed by atoms with van der Waals surface area (Å²) in [5.41, 5.74) is 4.00. The summed E-state index contributed by atoms with van der Waals surface area (Å²) in [7, 11) is 0. The Balaban J connectivity index is 1.97. The molecule has 7 heteroatoms. The highest BCUT2D eigenvalue weighted by Crippen LogP contribution is 2.26. The fourth-order valence-electron chi connectivity index (χ4n) is 3.49. The van der Waals surface area contributed by atoms with E-state index in [2.05, 4.69) is 10.4 Å². The summed E-state index contributed by atoms with van der Waals surface area (Å²) in [5, 5.41) is 7.31. The van der Waals surface area contributed by atoms with E-state index in [9.17, 15) is 14.0 Å². The molecule has 0 aliphatic heterocycles. The van der Waals surface area contributed by atoms with Crippen LogP contribution in [0.15, 0.2) is 48.5 Å². The third-order valence-electron chi connectivity index (χ3n) is 5.13. The molecule has 0 radical (unpaired) electrons. The molecule has 3 rings (SSSR count). The lowest BCUT2D eigenvalue weighted by Gasteiger charge is -2.18. The minimum Gasteiger partial charge on any atom is -0.464 e. The van der Waals surface area contributed by atoms with E-state index in [0.717, 1.165) is 12.0 Å². The second-order valence-corrected chi connectivity index (χ2v) is 7.18. The highest BCUT2D eigenvalue weighted by molar-refractivity contribution is 5.97. The normalized spacial score (nSPS) is 11.8. The van der Waals surface area contributed by atoms with Crippen LogP contribution in [0.4, 0.5) is 4.39 Å². The SMILES string of the molecule is CCOC(=O)C(NC(=O)c1ccc(CC)cc1)c1c(C)nn(-c2ccc(F)cc2)c1C. The van der Waals surface area contributed by atoms with Gasteiger partial charge in [0.25, 0.3) is 5.91 Å². The summed E-state index contributed by atoms with van der Waals surface area (Å²) in [6, 6.07) is 12.1. The van der Waals surface area contributed by atoms with Gasteiger partial charge in [0.05, 0.1) is 18.0 Å². The number of rotatable bonds is 7. The third-order valence-corrected chi connectivity index (χ3v) is 5.13. The minimum absolute atomic E-state index is 0.181. The lowest BCUT2D eigenvalue weighted by Crippen LogP contribution is -2.35. The number of amides is 1. The molecule has 1 amide bonds. The molecule has 6 nitrogen and oxygen atoms in total. The number of nitrogens with zero attached hydrogens (tertiary/aromatic N) is 2. The Bertz CT molecular complexity index is 1070. The fraction of sp³-hybridized carbons (Fsp3) is 0.292. The molecular formula is C24H26FN3O3. The molecule has 1 unspecified atom stereocenters. The maximum Gasteiger partial charge on any atom is 0.333 e. The van der Waals surface area contributed by atoms with E-state index < -0.39 is 12.0 Å². The van der Waals surface area contributed by atoms with Crippen molar-refractivity contribution in [1.82, 2.24) is 15.1 Å². The molecule has 1 aromatic heterocycles. The molecule has 31 heavy (non-hydrogen) atoms. The van der Waals surface area contributed by atoms with Crippen molar-refractivity contribution in [3.05, 3.63) is 82.4 Å². The number of halogens is 1. The molecule has 3 aromatic rings. The Morgan fingerprint density at radius 1 is 1.06 bits per heavy atom. The molecule has 0 bridgehead atoms. The van der Waals surface area contributed by atoms with Crippen molar-refractivity contribution in [3.8, 4) is 5.69 Å². The van der Waals surface area contributed by atoms with Gasteiger partial charge >= 0.3 is 5.97 Å². The molecule has 0 aliphatic rings. The summed E-state index contributed by atoms with van der Waals surface area (Å²) in [6.45, 7) is 7.49. The maximum absolute atomic E-state index is 13.3. The van der Waals surface area contributed by atoms with Gasteiger partial charge in [-0.05, 0) is 69.2 Å². The Hall–Kier alpha value is -3.48. The number of esters is 1. The smallest absolute Gasteiger partial charge is 0.333 e. The van der Waals surface area contributed by atoms with Crippen LogP contribution in [-0.2, 0) is 16.0 Å². The first-order valence-electron chi connectivity index (χ1n) is 10.2. The van der Waals surface area contributed by atoms with Gasteiger partial charge in [-0.15, -0.1) is 0 Å². The number of hydrogen-bond acceptors (Lipinski definition) is 4. The average molecular weight is 423 g/mol. The van der Waals surface area contributed by atoms with Crippen LogP contribution in [0.5, 0.6) is 0 Å². The van der Waals surface area contributed by atoms with Crippen LogP contribution in [0.2, 0.25) is 0 Å². The largest absolute Gasteiger partial charge is 0.464 e. The Kier molecular flexibility index (Phi) is 6.84. The number of aryl methyl sites for hydroxylation is 2. The quantitative estimate of drug-likeness (QED) is 0.578. The summed E-state index contributed by atoms with van der Waals surface area (Å²) in [4.78, 5) is 25.7. The lowest BCUT2D eigenvalue weighted by atomic mass is 10.0. The molecule has 0 saturated carbocycles. The number of carbonyl (C=O) groups is 2. The molecule has 0 aliphatic carbocycles. The van der Waals surface area contributed by atoms with Gasteiger partial charge in [-0.25, -0.2) is 13.9 Å². The molecule has 2 aromatic carbocycles. The van der Waals surface area contributed by atoms with Crippen LogP contribution in [0.25, 0.3) is 5.69 Å². The van der Waals surface area contributed by atoms with Crippen molar-refractivity contribution in [2.24, 2.45) is 0 Å². The number of hydrogen-bond donors (Lipinski definition) is 1. The number of carbonyl (C=O) groups excluding carboxylic acids is 2. The van der Waals surface area contributed by atoms with Crippen molar-refractivity contribution in [2.75, 3.05) is 6.61 Å². The highest BCUT2D eigenvalue weighted by Gasteiger charge is 2.30. The van der Waals surface area contributed by atoms with E-state index in [1.54, 1.807) is 49.7 Å². The van der Waals surface area contributed by atoms with Crippen LogP contribution in [-0.4, -0.2) is 28.3 Å². The summed E-state index contributed by atoms with van der Waals surface area (Å²) in [5.74, 6) is -1.30. The summed E-state index contributed by atoms with van der Waals surface area (Å²) in [6.07, 6.45) is 0.869. The molecule has 0 spiro atoms. The van der Waals surface area contributed by atoms with Crippen molar-refractivity contribution in [1.29, 1.82) is 0 Å². The Morgan fingerprint density at radius 2 is 1.71 bits per heavy atom. The number of aromatic nitrogens is 2. The highest BCUT2D eigenvalue weighted by atomic mass is 19.1. The number of nitrogens with one attached hydrogen (secondary N) is 1. The van der Waals surface area contributed by atoms with E-state index in [-0.39, 0.29) is 18.3 Å². The van der Waals surface area contributed by atoms with Gasteiger partial charge in [-0.1, -0.05) is 19.1 Å². The van der Waals surface area contributed by atoms with E-state index >= 15 is 0 Å². The van der Waals surface area contributed by atoms with Crippen molar-refractivity contribution >= 4 is 11.9 Å². The van der Waals surface area contributed by atoms with Gasteiger partial charge in [0, 0.05) is 16.8 Å². The third kappa shape index (κ3) is 4.82. The monoisotopic (exact) mass is 423 g/mol. The van der Waals surface area contributed by atoms with Gasteiger partial charge in [0.1, 0.15) is 5.82 Å². The van der Waals surface area contributed by atoms with Gasteiger partial charge in [0.2, 0.25) is 0 Å². The molecule has 0 fully saturated rings. The summed E-state index contributed by atoms with van der Waals surface area (Å²) >= 11 is 0. The van der Waals surface area contributed by atoms with Crippen LogP contribution in [0.1, 0.15) is 52.8 Å². The molecule has 1 atom stereocenters. The molecule has 162 valence electrons. The molecule has 0 saturated heterocycles. The first-order chi connectivity index (χ1) is 14.8. The van der Waals surface area contributed by atoms with Crippen molar-refractivity contribution in [2.45, 2.75) is 40.2 Å². The van der Waals surface area contributed by atoms with Gasteiger partial charge < -0.3 is 10.1 Å². The minimum atomic E-state index is -1.02. The van der Waals surface area contributed by atoms with E-state index in [4.69, 9.17) is 4.74 Å². The average Bonchev–Trinajstić information content (AvgIpc) is 3.06. The first kappa shape index (κ1) is 22.2. The Morgan fingerprint density at radius 3 is 2.29 bits per heavy atom. The Labute approximate surface area is 181 Å².